The largest absolute Gasteiger partial charge is 0.346 e. The molecule has 4 amide bonds. The van der Waals surface area contributed by atoms with Crippen molar-refractivity contribution in [2.45, 2.75) is 39.3 Å². The van der Waals surface area contributed by atoms with Crippen molar-refractivity contribution >= 4 is 35.5 Å². The second-order valence-corrected chi connectivity index (χ2v) is 10.5. The summed E-state index contributed by atoms with van der Waals surface area (Å²) in [6, 6.07) is 16.0. The molecule has 0 unspecified atom stereocenters. The first-order chi connectivity index (χ1) is 19.4. The molecule has 1 saturated heterocycles. The summed E-state index contributed by atoms with van der Waals surface area (Å²) >= 11 is 0. The van der Waals surface area contributed by atoms with Crippen molar-refractivity contribution in [2.24, 2.45) is 17.8 Å². The fraction of sp³-hybridized carbons (Fsp3) is 0.355. The van der Waals surface area contributed by atoms with E-state index >= 15 is 0 Å². The molecule has 4 atom stereocenters. The Morgan fingerprint density at radius 3 is 2.17 bits per heavy atom. The zero-order chi connectivity index (χ0) is 30.3. The second-order valence-electron chi connectivity index (χ2n) is 10.5. The normalized spacial score (nSPS) is 18.4. The number of Topliss-reactive ketones (excluding diaryl/α,β-unsaturated/α-hetero) is 1. The van der Waals surface area contributed by atoms with Crippen LogP contribution in [0.1, 0.15) is 49.9 Å². The highest BCUT2D eigenvalue weighted by atomic mass is 16.2. The van der Waals surface area contributed by atoms with Gasteiger partial charge < -0.3 is 10.6 Å². The summed E-state index contributed by atoms with van der Waals surface area (Å²) in [5.74, 6) is -4.92. The molecule has 0 aromatic heterocycles. The minimum atomic E-state index is -1.20. The number of nitrogens with one attached hydrogen (secondary N) is 2. The zero-order valence-electron chi connectivity index (χ0n) is 23.8. The SMILES string of the molecule is CC(C)[C@H](NC(=O)C[C@H](NC(=O)/C=C/c1ccc(C#N)cc1)c1ccccc1)C(=O)[C@@H]1C(=O)N(N(C)C)C(=O)[C@H]1C. The van der Waals surface area contributed by atoms with Crippen LogP contribution in [-0.4, -0.2) is 59.6 Å². The lowest BCUT2D eigenvalue weighted by Gasteiger charge is -2.26. The number of rotatable bonds is 11. The van der Waals surface area contributed by atoms with Crippen LogP contribution in [0.5, 0.6) is 0 Å². The summed E-state index contributed by atoms with van der Waals surface area (Å²) in [6.45, 7) is 5.05. The van der Waals surface area contributed by atoms with Crippen molar-refractivity contribution in [3.8, 4) is 6.07 Å². The molecule has 41 heavy (non-hydrogen) atoms. The summed E-state index contributed by atoms with van der Waals surface area (Å²) in [6.07, 6.45) is 2.79. The average Bonchev–Trinajstić information content (AvgIpc) is 3.17. The predicted molar refractivity (Wildman–Crippen MR) is 152 cm³/mol. The van der Waals surface area contributed by atoms with Crippen LogP contribution in [0.15, 0.2) is 60.7 Å². The number of carbonyl (C=O) groups is 5. The number of nitriles is 1. The van der Waals surface area contributed by atoms with Crippen LogP contribution in [-0.2, 0) is 24.0 Å². The summed E-state index contributed by atoms with van der Waals surface area (Å²) < 4.78 is 0. The highest BCUT2D eigenvalue weighted by Gasteiger charge is 2.51. The van der Waals surface area contributed by atoms with E-state index < -0.39 is 53.3 Å². The molecule has 214 valence electrons. The number of carbonyl (C=O) groups excluding carboxylic acids is 5. The van der Waals surface area contributed by atoms with Gasteiger partial charge in [-0.3, -0.25) is 24.0 Å². The van der Waals surface area contributed by atoms with Gasteiger partial charge in [-0.05, 0) is 35.3 Å². The molecule has 1 aliphatic rings. The molecule has 1 aliphatic heterocycles. The Morgan fingerprint density at radius 1 is 1.00 bits per heavy atom. The van der Waals surface area contributed by atoms with Crippen molar-refractivity contribution in [2.75, 3.05) is 14.1 Å². The summed E-state index contributed by atoms with van der Waals surface area (Å²) in [7, 11) is 3.10. The van der Waals surface area contributed by atoms with Crippen molar-refractivity contribution in [1.29, 1.82) is 5.26 Å². The van der Waals surface area contributed by atoms with Gasteiger partial charge in [-0.15, -0.1) is 0 Å². The molecule has 0 spiro atoms. The van der Waals surface area contributed by atoms with Gasteiger partial charge in [0.15, 0.2) is 5.78 Å². The molecule has 0 aliphatic carbocycles. The standard InChI is InChI=1S/C31H35N5O5/c1-19(2)28(29(39)27-20(3)30(40)36(31(27)41)35(4)5)34-26(38)17-24(23-9-7-6-8-10-23)33-25(37)16-15-21-11-13-22(18-32)14-12-21/h6-16,19-20,24,27-28H,17H2,1-5H3,(H,33,37)(H,34,38)/b16-15+/t20-,24-,27+,28-/m0/s1. The van der Waals surface area contributed by atoms with E-state index in [1.54, 1.807) is 82.5 Å². The molecule has 2 aromatic carbocycles. The van der Waals surface area contributed by atoms with Gasteiger partial charge >= 0.3 is 0 Å². The zero-order valence-corrected chi connectivity index (χ0v) is 23.8. The first kappa shape index (κ1) is 30.9. The van der Waals surface area contributed by atoms with Gasteiger partial charge in [-0.2, -0.15) is 5.26 Å². The van der Waals surface area contributed by atoms with Crippen LogP contribution in [0.4, 0.5) is 0 Å². The fourth-order valence-corrected chi connectivity index (χ4v) is 4.73. The molecular weight excluding hydrogens is 522 g/mol. The molecule has 0 radical (unpaired) electrons. The number of hydrogen-bond donors (Lipinski definition) is 2. The van der Waals surface area contributed by atoms with E-state index in [0.29, 0.717) is 11.1 Å². The van der Waals surface area contributed by atoms with E-state index in [1.165, 1.54) is 18.0 Å². The molecule has 0 bridgehead atoms. The van der Waals surface area contributed by atoms with Gasteiger partial charge in [-0.25, -0.2) is 10.0 Å². The van der Waals surface area contributed by atoms with Gasteiger partial charge in [0.2, 0.25) is 17.7 Å². The third-order valence-corrected chi connectivity index (χ3v) is 6.94. The van der Waals surface area contributed by atoms with Gasteiger partial charge in [0, 0.05) is 20.2 Å². The quantitative estimate of drug-likeness (QED) is 0.246. The van der Waals surface area contributed by atoms with Crippen molar-refractivity contribution < 1.29 is 24.0 Å². The Hall–Kier alpha value is -4.62. The van der Waals surface area contributed by atoms with Gasteiger partial charge in [0.25, 0.3) is 5.91 Å². The van der Waals surface area contributed by atoms with Crippen LogP contribution in [0.25, 0.3) is 6.08 Å². The highest BCUT2D eigenvalue weighted by Crippen LogP contribution is 2.29. The summed E-state index contributed by atoms with van der Waals surface area (Å²) in [5, 5.41) is 16.9. The molecular formula is C31H35N5O5. The van der Waals surface area contributed by atoms with Crippen molar-refractivity contribution in [1.82, 2.24) is 20.7 Å². The first-order valence-corrected chi connectivity index (χ1v) is 13.4. The van der Waals surface area contributed by atoms with Crippen LogP contribution in [0.3, 0.4) is 0 Å². The Labute approximate surface area is 240 Å². The van der Waals surface area contributed by atoms with Crippen LogP contribution < -0.4 is 10.6 Å². The van der Waals surface area contributed by atoms with E-state index in [2.05, 4.69) is 10.6 Å². The number of hydrazine groups is 1. The van der Waals surface area contributed by atoms with E-state index in [1.807, 2.05) is 12.1 Å². The molecule has 0 saturated carbocycles. The van der Waals surface area contributed by atoms with E-state index in [0.717, 1.165) is 10.6 Å². The first-order valence-electron chi connectivity index (χ1n) is 13.4. The lowest BCUT2D eigenvalue weighted by molar-refractivity contribution is -0.155. The van der Waals surface area contributed by atoms with E-state index in [4.69, 9.17) is 5.26 Å². The smallest absolute Gasteiger partial charge is 0.255 e. The second kappa shape index (κ2) is 13.6. The minimum absolute atomic E-state index is 0.159. The van der Waals surface area contributed by atoms with Crippen LogP contribution >= 0.6 is 0 Å². The summed E-state index contributed by atoms with van der Waals surface area (Å²) in [5.41, 5.74) is 1.93. The lowest BCUT2D eigenvalue weighted by atomic mass is 9.85. The average molecular weight is 558 g/mol. The Balaban J connectivity index is 1.74. The molecule has 10 heteroatoms. The van der Waals surface area contributed by atoms with Crippen LogP contribution in [0, 0.1) is 29.1 Å². The van der Waals surface area contributed by atoms with Crippen molar-refractivity contribution in [3.05, 3.63) is 77.4 Å². The monoisotopic (exact) mass is 557 g/mol. The van der Waals surface area contributed by atoms with E-state index in [-0.39, 0.29) is 12.3 Å². The molecule has 1 heterocycles. The number of hydrogen-bond acceptors (Lipinski definition) is 7. The third kappa shape index (κ3) is 7.52. The predicted octanol–water partition coefficient (Wildman–Crippen LogP) is 2.63. The molecule has 2 N–H and O–H groups in total. The Kier molecular flexibility index (Phi) is 10.3. The topological polar surface area (TPSA) is 140 Å². The highest BCUT2D eigenvalue weighted by molar-refractivity contribution is 6.16. The van der Waals surface area contributed by atoms with Gasteiger partial charge in [0.05, 0.1) is 36.1 Å². The third-order valence-electron chi connectivity index (χ3n) is 6.94. The fourth-order valence-electron chi connectivity index (χ4n) is 4.73. The number of ketones is 1. The maximum Gasteiger partial charge on any atom is 0.255 e. The van der Waals surface area contributed by atoms with Crippen molar-refractivity contribution in [3.63, 3.8) is 0 Å². The minimum Gasteiger partial charge on any atom is -0.346 e. The lowest BCUT2D eigenvalue weighted by Crippen LogP contribution is -2.50. The molecule has 3 rings (SSSR count). The van der Waals surface area contributed by atoms with E-state index in [9.17, 15) is 24.0 Å². The van der Waals surface area contributed by atoms with Gasteiger partial charge in [-0.1, -0.05) is 63.2 Å². The number of nitrogens with zero attached hydrogens (tertiary/aromatic N) is 3. The van der Waals surface area contributed by atoms with Crippen LogP contribution in [0.2, 0.25) is 0 Å². The summed E-state index contributed by atoms with van der Waals surface area (Å²) in [4.78, 5) is 65.2. The molecule has 2 aromatic rings. The number of benzene rings is 2. The van der Waals surface area contributed by atoms with Gasteiger partial charge in [0.1, 0.15) is 5.92 Å². The number of imide groups is 1. The molecule has 1 fully saturated rings. The maximum absolute atomic E-state index is 13.5. The Bertz CT molecular complexity index is 1360. The molecule has 10 nitrogen and oxygen atoms in total. The maximum atomic E-state index is 13.5. The number of amides is 4. The Morgan fingerprint density at radius 2 is 1.63 bits per heavy atom.